The molecule has 0 atom stereocenters. The van der Waals surface area contributed by atoms with Crippen LogP contribution in [0.2, 0.25) is 0 Å². The van der Waals surface area contributed by atoms with Crippen molar-refractivity contribution in [2.24, 2.45) is 0 Å². The monoisotopic (exact) mass is 295 g/mol. The molecule has 1 aliphatic heterocycles. The maximum Gasteiger partial charge on any atom is 0.231 e. The third kappa shape index (κ3) is 2.92. The molecule has 0 aromatic carbocycles. The second-order valence-electron chi connectivity index (χ2n) is 3.99. The van der Waals surface area contributed by atoms with Crippen LogP contribution in [0.5, 0.6) is 0 Å². The minimum Gasteiger partial charge on any atom is -0.357 e. The molecular weight excluding hydrogens is 282 g/mol. The quantitative estimate of drug-likeness (QED) is 0.909. The van der Waals surface area contributed by atoms with Gasteiger partial charge in [0.05, 0.1) is 0 Å². The Morgan fingerprint density at radius 2 is 2.11 bits per heavy atom. The minimum absolute atomic E-state index is 0.587. The second-order valence-corrected chi connectivity index (χ2v) is 6.04. The van der Waals surface area contributed by atoms with Crippen molar-refractivity contribution < 1.29 is 0 Å². The predicted molar refractivity (Wildman–Crippen MR) is 74.9 cm³/mol. The summed E-state index contributed by atoms with van der Waals surface area (Å²) in [5.74, 6) is 1.33. The highest BCUT2D eigenvalue weighted by molar-refractivity contribution is 8.00. The van der Waals surface area contributed by atoms with E-state index >= 15 is 0 Å². The van der Waals surface area contributed by atoms with Gasteiger partial charge in [0, 0.05) is 20.1 Å². The molecule has 19 heavy (non-hydrogen) atoms. The Kier molecular flexibility index (Phi) is 3.74. The van der Waals surface area contributed by atoms with Crippen molar-refractivity contribution in [3.05, 3.63) is 5.51 Å². The molecule has 0 unspecified atom stereocenters. The van der Waals surface area contributed by atoms with Gasteiger partial charge in [-0.3, -0.25) is 0 Å². The number of hydrogen-bond donors (Lipinski definition) is 1. The summed E-state index contributed by atoms with van der Waals surface area (Å²) in [4.78, 5) is 15.4. The van der Waals surface area contributed by atoms with Gasteiger partial charge in [0.25, 0.3) is 0 Å². The molecule has 3 rings (SSSR count). The molecule has 2 aromatic heterocycles. The Morgan fingerprint density at radius 1 is 1.26 bits per heavy atom. The van der Waals surface area contributed by atoms with Gasteiger partial charge >= 0.3 is 0 Å². The van der Waals surface area contributed by atoms with Gasteiger partial charge in [-0.2, -0.15) is 15.0 Å². The Balaban J connectivity index is 1.88. The van der Waals surface area contributed by atoms with Crippen molar-refractivity contribution >= 4 is 35.0 Å². The summed E-state index contributed by atoms with van der Waals surface area (Å²) in [5.41, 5.74) is 1.70. The van der Waals surface area contributed by atoms with Gasteiger partial charge < -0.3 is 10.2 Å². The zero-order valence-corrected chi connectivity index (χ0v) is 12.0. The second kappa shape index (κ2) is 5.66. The zero-order chi connectivity index (χ0) is 13.1. The number of hydrogen-bond acceptors (Lipinski definition) is 9. The van der Waals surface area contributed by atoms with E-state index in [0.717, 1.165) is 23.4 Å². The van der Waals surface area contributed by atoms with E-state index < -0.39 is 0 Å². The molecule has 0 radical (unpaired) electrons. The molecule has 100 valence electrons. The van der Waals surface area contributed by atoms with Crippen molar-refractivity contribution in [2.45, 2.75) is 22.3 Å². The van der Waals surface area contributed by atoms with E-state index in [1.165, 1.54) is 35.9 Å². The lowest BCUT2D eigenvalue weighted by atomic mass is 10.4. The van der Waals surface area contributed by atoms with Gasteiger partial charge in [-0.05, 0) is 24.6 Å². The third-order valence-corrected chi connectivity index (χ3v) is 4.38. The van der Waals surface area contributed by atoms with E-state index in [-0.39, 0.29) is 0 Å². The molecule has 9 heteroatoms. The molecule has 3 heterocycles. The summed E-state index contributed by atoms with van der Waals surface area (Å²) in [5, 5.41) is 11.4. The SMILES string of the molecule is CNc1nc(Sc2nncs2)nc(N2CCCC2)n1. The van der Waals surface area contributed by atoms with E-state index in [1.807, 2.05) is 7.05 Å². The summed E-state index contributed by atoms with van der Waals surface area (Å²) in [7, 11) is 1.81. The lowest BCUT2D eigenvalue weighted by Crippen LogP contribution is -2.21. The first kappa shape index (κ1) is 12.5. The lowest BCUT2D eigenvalue weighted by Gasteiger charge is -2.15. The molecule has 2 aromatic rings. The average molecular weight is 295 g/mol. The number of nitrogens with one attached hydrogen (secondary N) is 1. The van der Waals surface area contributed by atoms with Gasteiger partial charge in [0.1, 0.15) is 5.51 Å². The molecule has 1 aliphatic rings. The molecule has 0 bridgehead atoms. The Labute approximate surface area is 118 Å². The van der Waals surface area contributed by atoms with Gasteiger partial charge in [-0.1, -0.05) is 11.3 Å². The van der Waals surface area contributed by atoms with Gasteiger partial charge in [-0.25, -0.2) is 0 Å². The van der Waals surface area contributed by atoms with E-state index in [4.69, 9.17) is 0 Å². The fourth-order valence-electron chi connectivity index (χ4n) is 1.85. The molecule has 1 saturated heterocycles. The van der Waals surface area contributed by atoms with Gasteiger partial charge in [0.15, 0.2) is 4.34 Å². The topological polar surface area (TPSA) is 79.7 Å². The summed E-state index contributed by atoms with van der Waals surface area (Å²) in [6, 6.07) is 0. The molecule has 7 nitrogen and oxygen atoms in total. The van der Waals surface area contributed by atoms with Crippen LogP contribution in [0.15, 0.2) is 15.0 Å². The highest BCUT2D eigenvalue weighted by Gasteiger charge is 2.17. The fourth-order valence-corrected chi connectivity index (χ4v) is 3.17. The number of aromatic nitrogens is 5. The van der Waals surface area contributed by atoms with Crippen LogP contribution in [0.25, 0.3) is 0 Å². The maximum absolute atomic E-state index is 4.50. The van der Waals surface area contributed by atoms with Gasteiger partial charge in [-0.15, -0.1) is 10.2 Å². The van der Waals surface area contributed by atoms with E-state index in [1.54, 1.807) is 5.51 Å². The van der Waals surface area contributed by atoms with Crippen molar-refractivity contribution in [1.82, 2.24) is 25.1 Å². The van der Waals surface area contributed by atoms with Crippen LogP contribution in [0.1, 0.15) is 12.8 Å². The van der Waals surface area contributed by atoms with Crippen molar-refractivity contribution in [3.63, 3.8) is 0 Å². The standard InChI is InChI=1S/C10H13N7S2/c1-11-7-13-8(17-4-2-3-5-17)15-9(14-7)19-10-16-12-6-18-10/h6H,2-5H2,1H3,(H,11,13,14,15). The summed E-state index contributed by atoms with van der Waals surface area (Å²) in [6.45, 7) is 2.02. The number of anilines is 2. The first-order valence-corrected chi connectivity index (χ1v) is 7.67. The highest BCUT2D eigenvalue weighted by atomic mass is 32.2. The molecule has 1 N–H and O–H groups in total. The van der Waals surface area contributed by atoms with Crippen LogP contribution in [0.4, 0.5) is 11.9 Å². The number of rotatable bonds is 4. The molecule has 0 saturated carbocycles. The Bertz CT molecular complexity index is 539. The van der Waals surface area contributed by atoms with Crippen molar-refractivity contribution in [3.8, 4) is 0 Å². The van der Waals surface area contributed by atoms with Crippen molar-refractivity contribution in [1.29, 1.82) is 0 Å². The molecule has 0 spiro atoms. The molecule has 0 aliphatic carbocycles. The Morgan fingerprint density at radius 3 is 2.79 bits per heavy atom. The molecular formula is C10H13N7S2. The molecule has 1 fully saturated rings. The number of nitrogens with zero attached hydrogens (tertiary/aromatic N) is 6. The van der Waals surface area contributed by atoms with E-state index in [0.29, 0.717) is 11.1 Å². The Hall–Kier alpha value is -1.48. The average Bonchev–Trinajstić information content (AvgIpc) is 3.11. The largest absolute Gasteiger partial charge is 0.357 e. The van der Waals surface area contributed by atoms with Crippen LogP contribution in [-0.2, 0) is 0 Å². The van der Waals surface area contributed by atoms with Crippen LogP contribution in [-0.4, -0.2) is 45.3 Å². The van der Waals surface area contributed by atoms with Crippen molar-refractivity contribution in [2.75, 3.05) is 30.4 Å². The van der Waals surface area contributed by atoms with Crippen LogP contribution < -0.4 is 10.2 Å². The summed E-state index contributed by atoms with van der Waals surface area (Å²) < 4.78 is 0.834. The van der Waals surface area contributed by atoms with Gasteiger partial charge in [0.2, 0.25) is 17.1 Å². The zero-order valence-electron chi connectivity index (χ0n) is 10.4. The van der Waals surface area contributed by atoms with Crippen LogP contribution >= 0.6 is 23.1 Å². The first-order chi connectivity index (χ1) is 9.35. The first-order valence-electron chi connectivity index (χ1n) is 5.98. The summed E-state index contributed by atoms with van der Waals surface area (Å²) in [6.07, 6.45) is 2.39. The predicted octanol–water partition coefficient (Wildman–Crippen LogP) is 1.52. The van der Waals surface area contributed by atoms with Crippen LogP contribution in [0, 0.1) is 0 Å². The third-order valence-electron chi connectivity index (χ3n) is 2.73. The maximum atomic E-state index is 4.50. The lowest BCUT2D eigenvalue weighted by molar-refractivity contribution is 0.829. The minimum atomic E-state index is 0.587. The normalized spacial score (nSPS) is 14.9. The highest BCUT2D eigenvalue weighted by Crippen LogP contribution is 2.28. The smallest absolute Gasteiger partial charge is 0.231 e. The molecule has 0 amide bonds. The van der Waals surface area contributed by atoms with E-state index in [2.05, 4.69) is 35.4 Å². The summed E-state index contributed by atoms with van der Waals surface area (Å²) >= 11 is 2.89. The fraction of sp³-hybridized carbons (Fsp3) is 0.500. The van der Waals surface area contributed by atoms with E-state index in [9.17, 15) is 0 Å². The van der Waals surface area contributed by atoms with Crippen LogP contribution in [0.3, 0.4) is 0 Å².